The lowest BCUT2D eigenvalue weighted by molar-refractivity contribution is 0.660. The Morgan fingerprint density at radius 1 is 0.321 bits per heavy atom. The third kappa shape index (κ3) is 4.39. The molecule has 0 atom stereocenters. The smallest absolute Gasteiger partial charge is 0.0548 e. The fourth-order valence-electron chi connectivity index (χ4n) is 9.14. The van der Waals surface area contributed by atoms with Gasteiger partial charge in [-0.1, -0.05) is 147 Å². The van der Waals surface area contributed by atoms with Gasteiger partial charge < -0.3 is 9.13 Å². The van der Waals surface area contributed by atoms with Crippen molar-refractivity contribution in [2.45, 2.75) is 19.3 Å². The molecule has 0 saturated heterocycles. The van der Waals surface area contributed by atoms with Gasteiger partial charge in [0.25, 0.3) is 0 Å². The van der Waals surface area contributed by atoms with Crippen LogP contribution in [0.1, 0.15) is 25.0 Å². The highest BCUT2D eigenvalue weighted by Crippen LogP contribution is 2.49. The summed E-state index contributed by atoms with van der Waals surface area (Å²) in [5.74, 6) is 0. The monoisotopic (exact) mass is 676 g/mol. The summed E-state index contributed by atoms with van der Waals surface area (Å²) < 4.78 is 4.93. The van der Waals surface area contributed by atoms with E-state index in [-0.39, 0.29) is 5.41 Å². The fourth-order valence-corrected chi connectivity index (χ4v) is 9.14. The molecule has 1 aliphatic carbocycles. The minimum Gasteiger partial charge on any atom is -0.309 e. The van der Waals surface area contributed by atoms with Crippen molar-refractivity contribution in [1.29, 1.82) is 0 Å². The van der Waals surface area contributed by atoms with Crippen LogP contribution < -0.4 is 0 Å². The van der Waals surface area contributed by atoms with Crippen molar-refractivity contribution < 1.29 is 0 Å². The molecule has 53 heavy (non-hydrogen) atoms. The molecule has 250 valence electrons. The van der Waals surface area contributed by atoms with Crippen LogP contribution in [0.15, 0.2) is 182 Å². The van der Waals surface area contributed by atoms with Gasteiger partial charge in [0.15, 0.2) is 0 Å². The van der Waals surface area contributed by atoms with Crippen molar-refractivity contribution >= 4 is 43.6 Å². The Labute approximate surface area is 308 Å². The highest BCUT2D eigenvalue weighted by Gasteiger charge is 2.35. The van der Waals surface area contributed by atoms with Gasteiger partial charge in [0.2, 0.25) is 0 Å². The molecular formula is C51H36N2. The van der Waals surface area contributed by atoms with Crippen LogP contribution in [0.4, 0.5) is 0 Å². The van der Waals surface area contributed by atoms with Gasteiger partial charge >= 0.3 is 0 Å². The molecule has 11 rings (SSSR count). The molecule has 0 amide bonds. The van der Waals surface area contributed by atoms with Gasteiger partial charge in [-0.05, 0) is 93.0 Å². The molecule has 0 bridgehead atoms. The summed E-state index contributed by atoms with van der Waals surface area (Å²) >= 11 is 0. The maximum atomic E-state index is 2.48. The van der Waals surface area contributed by atoms with Gasteiger partial charge in [-0.25, -0.2) is 0 Å². The van der Waals surface area contributed by atoms with Crippen LogP contribution in [-0.4, -0.2) is 9.13 Å². The summed E-state index contributed by atoms with van der Waals surface area (Å²) in [6.45, 7) is 4.70. The van der Waals surface area contributed by atoms with E-state index in [1.54, 1.807) is 0 Å². The second-order valence-electron chi connectivity index (χ2n) is 15.0. The van der Waals surface area contributed by atoms with Crippen molar-refractivity contribution in [2.24, 2.45) is 0 Å². The Balaban J connectivity index is 1.11. The third-order valence-corrected chi connectivity index (χ3v) is 11.7. The first-order chi connectivity index (χ1) is 26.0. The Morgan fingerprint density at radius 3 is 1.51 bits per heavy atom. The van der Waals surface area contributed by atoms with Crippen molar-refractivity contribution in [2.75, 3.05) is 0 Å². The predicted octanol–water partition coefficient (Wildman–Crippen LogP) is 13.5. The van der Waals surface area contributed by atoms with Crippen molar-refractivity contribution in [1.82, 2.24) is 9.13 Å². The Hall–Kier alpha value is -6.64. The van der Waals surface area contributed by atoms with Gasteiger partial charge in [-0.3, -0.25) is 0 Å². The molecule has 2 nitrogen and oxygen atoms in total. The molecule has 2 aromatic heterocycles. The molecule has 2 heteroatoms. The maximum Gasteiger partial charge on any atom is 0.0548 e. The van der Waals surface area contributed by atoms with Gasteiger partial charge in [-0.2, -0.15) is 0 Å². The lowest BCUT2D eigenvalue weighted by Gasteiger charge is -2.21. The van der Waals surface area contributed by atoms with E-state index >= 15 is 0 Å². The number of benzene rings is 8. The summed E-state index contributed by atoms with van der Waals surface area (Å²) in [6, 6.07) is 67.1. The standard InChI is InChI=1S/C51H36N2/c1-51(2)45-20-9-6-17-39(45)42-30-38(27-28-46(42)51)53-48-22-11-8-19-41(48)44-31-49-43(32-50(44)53)40-18-7-10-21-47(40)52(49)37-16-12-15-36(29-37)35-25-23-34(24-26-35)33-13-4-3-5-14-33/h3-32H,1-2H3. The lowest BCUT2D eigenvalue weighted by atomic mass is 9.82. The zero-order valence-corrected chi connectivity index (χ0v) is 29.7. The second-order valence-corrected chi connectivity index (χ2v) is 15.0. The SMILES string of the molecule is CC1(C)c2ccccc2-c2cc(-n3c4ccccc4c4cc5c(cc43)c3ccccc3n5-c3cccc(-c4ccc(-c5ccccc5)cc4)c3)ccc21. The summed E-state index contributed by atoms with van der Waals surface area (Å²) in [7, 11) is 0. The number of hydrogen-bond acceptors (Lipinski definition) is 0. The number of aromatic nitrogens is 2. The van der Waals surface area contributed by atoms with Crippen molar-refractivity contribution in [3.8, 4) is 44.8 Å². The van der Waals surface area contributed by atoms with E-state index in [4.69, 9.17) is 0 Å². The van der Waals surface area contributed by atoms with Crippen LogP contribution in [0.2, 0.25) is 0 Å². The van der Waals surface area contributed by atoms with Crippen LogP contribution in [0, 0.1) is 0 Å². The normalized spacial score (nSPS) is 13.2. The zero-order valence-electron chi connectivity index (χ0n) is 29.7. The highest BCUT2D eigenvalue weighted by atomic mass is 15.0. The molecule has 10 aromatic rings. The zero-order chi connectivity index (χ0) is 35.3. The maximum absolute atomic E-state index is 2.48. The van der Waals surface area contributed by atoms with Crippen LogP contribution in [-0.2, 0) is 5.41 Å². The quantitative estimate of drug-likeness (QED) is 0.176. The Kier molecular flexibility index (Phi) is 6.33. The van der Waals surface area contributed by atoms with Gasteiger partial charge in [-0.15, -0.1) is 0 Å². The van der Waals surface area contributed by atoms with E-state index in [1.165, 1.54) is 93.8 Å². The topological polar surface area (TPSA) is 9.86 Å². The van der Waals surface area contributed by atoms with E-state index in [9.17, 15) is 0 Å². The first kappa shape index (κ1) is 30.0. The average Bonchev–Trinajstić information content (AvgIpc) is 3.80. The number of para-hydroxylation sites is 2. The first-order valence-corrected chi connectivity index (χ1v) is 18.5. The van der Waals surface area contributed by atoms with Gasteiger partial charge in [0.05, 0.1) is 22.1 Å². The van der Waals surface area contributed by atoms with Crippen LogP contribution in [0.3, 0.4) is 0 Å². The van der Waals surface area contributed by atoms with Gasteiger partial charge in [0, 0.05) is 38.3 Å². The number of rotatable bonds is 4. The predicted molar refractivity (Wildman–Crippen MR) is 224 cm³/mol. The summed E-state index contributed by atoms with van der Waals surface area (Å²) in [5.41, 5.74) is 17.5. The van der Waals surface area contributed by atoms with E-state index in [0.29, 0.717) is 0 Å². The highest BCUT2D eigenvalue weighted by molar-refractivity contribution is 6.19. The van der Waals surface area contributed by atoms with Crippen LogP contribution in [0.25, 0.3) is 88.4 Å². The minimum absolute atomic E-state index is 0.0256. The summed E-state index contributed by atoms with van der Waals surface area (Å²) in [4.78, 5) is 0. The lowest BCUT2D eigenvalue weighted by Crippen LogP contribution is -2.14. The Morgan fingerprint density at radius 2 is 0.830 bits per heavy atom. The minimum atomic E-state index is -0.0256. The molecule has 2 heterocycles. The number of hydrogen-bond donors (Lipinski definition) is 0. The molecule has 0 aliphatic heterocycles. The van der Waals surface area contributed by atoms with Crippen molar-refractivity contribution in [3.63, 3.8) is 0 Å². The fraction of sp³-hybridized carbons (Fsp3) is 0.0588. The summed E-state index contributed by atoms with van der Waals surface area (Å²) in [6.07, 6.45) is 0. The van der Waals surface area contributed by atoms with E-state index in [0.717, 1.165) is 5.69 Å². The molecule has 1 aliphatic rings. The summed E-state index contributed by atoms with van der Waals surface area (Å²) in [5, 5.41) is 5.02. The first-order valence-electron chi connectivity index (χ1n) is 18.5. The molecule has 0 saturated carbocycles. The number of nitrogens with zero attached hydrogens (tertiary/aromatic N) is 2. The molecule has 0 unspecified atom stereocenters. The van der Waals surface area contributed by atoms with E-state index < -0.39 is 0 Å². The van der Waals surface area contributed by atoms with E-state index in [2.05, 4.69) is 205 Å². The molecule has 0 radical (unpaired) electrons. The second kappa shape index (κ2) is 11.2. The largest absolute Gasteiger partial charge is 0.309 e. The molecule has 0 N–H and O–H groups in total. The molecule has 0 spiro atoms. The van der Waals surface area contributed by atoms with Crippen LogP contribution in [0.5, 0.6) is 0 Å². The van der Waals surface area contributed by atoms with Gasteiger partial charge in [0.1, 0.15) is 0 Å². The molecular weight excluding hydrogens is 641 g/mol. The van der Waals surface area contributed by atoms with Crippen LogP contribution >= 0.6 is 0 Å². The Bertz CT molecular complexity index is 3060. The molecule has 0 fully saturated rings. The van der Waals surface area contributed by atoms with Crippen molar-refractivity contribution in [3.05, 3.63) is 193 Å². The molecule has 8 aromatic carbocycles. The van der Waals surface area contributed by atoms with E-state index in [1.807, 2.05) is 0 Å². The third-order valence-electron chi connectivity index (χ3n) is 11.7. The average molecular weight is 677 g/mol. The number of fused-ring (bicyclic) bond motifs is 9.